The van der Waals surface area contributed by atoms with Crippen molar-refractivity contribution in [2.45, 2.75) is 109 Å². The summed E-state index contributed by atoms with van der Waals surface area (Å²) in [5, 5.41) is 9.35. The molecule has 1 aliphatic heterocycles. The molecule has 5 atom stereocenters. The van der Waals surface area contributed by atoms with E-state index in [9.17, 15) is 9.90 Å². The average molecular weight is 754 g/mol. The monoisotopic (exact) mass is 753 g/mol. The molecule has 1 aliphatic rings. The van der Waals surface area contributed by atoms with Gasteiger partial charge in [-0.15, -0.1) is 0 Å². The van der Waals surface area contributed by atoms with Crippen LogP contribution in [0.15, 0.2) is 121 Å². The minimum atomic E-state index is -0.820. The Hall–Kier alpha value is -3.93. The van der Waals surface area contributed by atoms with Crippen LogP contribution in [0, 0.1) is 0 Å². The molecule has 0 bridgehead atoms. The maximum atomic E-state index is 13.3. The smallest absolute Gasteiger partial charge is 0.320 e. The Kier molecular flexibility index (Phi) is 17.3. The molecule has 1 saturated heterocycles. The molecule has 0 spiro atoms. The topological polar surface area (TPSA) is 95.9 Å². The molecule has 4 aromatic rings. The third kappa shape index (κ3) is 14.9. The predicted octanol–water partition coefficient (Wildman–Crippen LogP) is 7.88. The number of aliphatic hydroxyl groups is 1. The molecular formula is C46H59NO8. The average Bonchev–Trinajstić information content (AvgIpc) is 3.19. The van der Waals surface area contributed by atoms with Crippen LogP contribution in [0.4, 0.5) is 0 Å². The summed E-state index contributed by atoms with van der Waals surface area (Å²) in [6.07, 6.45) is 0.158. The van der Waals surface area contributed by atoms with Crippen LogP contribution in [0.25, 0.3) is 0 Å². The molecule has 296 valence electrons. The van der Waals surface area contributed by atoms with E-state index in [2.05, 4.69) is 4.90 Å². The summed E-state index contributed by atoms with van der Waals surface area (Å²) in [6.45, 7) is 8.15. The fraction of sp³-hybridized carbons (Fsp3) is 0.457. The normalized spacial score (nSPS) is 20.1. The van der Waals surface area contributed by atoms with Crippen molar-refractivity contribution in [1.29, 1.82) is 0 Å². The highest BCUT2D eigenvalue weighted by Gasteiger charge is 2.49. The number of ether oxygens (including phenoxy) is 6. The van der Waals surface area contributed by atoms with Gasteiger partial charge in [-0.2, -0.15) is 0 Å². The first kappa shape index (κ1) is 42.2. The van der Waals surface area contributed by atoms with Gasteiger partial charge in [0.05, 0.1) is 33.0 Å². The van der Waals surface area contributed by atoms with Crippen molar-refractivity contribution in [2.24, 2.45) is 0 Å². The van der Waals surface area contributed by atoms with Gasteiger partial charge in [-0.05, 0) is 62.4 Å². The standard InChI is InChI=1S/C46H59NO8/c1-46(2,3)55-41(49)31-47(28-18-4-5-19-29-48)30-40-42(50-32-36-20-10-6-11-21-36)43(51-33-37-22-12-7-13-23-37)44(52-34-38-24-14-8-15-25-38)45(54-40)53-35-39-26-16-9-17-27-39/h6-17,20-27,40,42-45,48H,4-5,18-19,28-35H2,1-3H3/t40?,42-,43?,44?,45+/m1/s1. The number of carbonyl (C=O) groups excluding carboxylic acids is 1. The van der Waals surface area contributed by atoms with Crippen LogP contribution in [-0.4, -0.2) is 78.5 Å². The Labute approximate surface area is 327 Å². The number of benzene rings is 4. The van der Waals surface area contributed by atoms with E-state index in [-0.39, 0.29) is 19.1 Å². The van der Waals surface area contributed by atoms with Gasteiger partial charge in [0, 0.05) is 13.2 Å². The fourth-order valence-electron chi connectivity index (χ4n) is 6.63. The largest absolute Gasteiger partial charge is 0.459 e. The zero-order chi connectivity index (χ0) is 38.7. The lowest BCUT2D eigenvalue weighted by Crippen LogP contribution is -2.63. The number of rotatable bonds is 22. The van der Waals surface area contributed by atoms with Crippen LogP contribution in [0.2, 0.25) is 0 Å². The van der Waals surface area contributed by atoms with Crippen molar-refractivity contribution >= 4 is 5.97 Å². The van der Waals surface area contributed by atoms with Crippen molar-refractivity contribution < 1.29 is 38.3 Å². The first-order valence-electron chi connectivity index (χ1n) is 19.6. The number of esters is 1. The van der Waals surface area contributed by atoms with Crippen LogP contribution in [0.1, 0.15) is 68.7 Å². The molecular weight excluding hydrogens is 695 g/mol. The third-order valence-electron chi connectivity index (χ3n) is 9.30. The number of carbonyl (C=O) groups is 1. The van der Waals surface area contributed by atoms with Gasteiger partial charge in [-0.1, -0.05) is 134 Å². The zero-order valence-electron chi connectivity index (χ0n) is 32.7. The molecule has 4 aromatic carbocycles. The molecule has 9 heteroatoms. The first-order valence-corrected chi connectivity index (χ1v) is 19.6. The summed E-state index contributed by atoms with van der Waals surface area (Å²) < 4.78 is 39.9. The Morgan fingerprint density at radius 3 is 1.51 bits per heavy atom. The van der Waals surface area contributed by atoms with Crippen molar-refractivity contribution in [1.82, 2.24) is 4.90 Å². The van der Waals surface area contributed by atoms with Crippen molar-refractivity contribution in [3.63, 3.8) is 0 Å². The Morgan fingerprint density at radius 2 is 1.04 bits per heavy atom. The van der Waals surface area contributed by atoms with Gasteiger partial charge < -0.3 is 33.5 Å². The lowest BCUT2D eigenvalue weighted by atomic mass is 9.96. The van der Waals surface area contributed by atoms with Crippen LogP contribution >= 0.6 is 0 Å². The summed E-state index contributed by atoms with van der Waals surface area (Å²) in [4.78, 5) is 15.4. The molecule has 0 amide bonds. The number of hydrogen-bond donors (Lipinski definition) is 1. The molecule has 1 N–H and O–H groups in total. The molecule has 0 aliphatic carbocycles. The van der Waals surface area contributed by atoms with Gasteiger partial charge in [0.25, 0.3) is 0 Å². The quantitative estimate of drug-likeness (QED) is 0.0636. The number of hydrogen-bond acceptors (Lipinski definition) is 9. The minimum absolute atomic E-state index is 0.0849. The highest BCUT2D eigenvalue weighted by Crippen LogP contribution is 2.32. The molecule has 55 heavy (non-hydrogen) atoms. The van der Waals surface area contributed by atoms with E-state index >= 15 is 0 Å². The van der Waals surface area contributed by atoms with Gasteiger partial charge in [0.1, 0.15) is 30.0 Å². The van der Waals surface area contributed by atoms with Crippen molar-refractivity contribution in [3.05, 3.63) is 144 Å². The van der Waals surface area contributed by atoms with Gasteiger partial charge in [0.15, 0.2) is 6.29 Å². The van der Waals surface area contributed by atoms with Crippen LogP contribution in [0.3, 0.4) is 0 Å². The summed E-state index contributed by atoms with van der Waals surface area (Å²) in [5.74, 6) is -0.307. The summed E-state index contributed by atoms with van der Waals surface area (Å²) in [5.41, 5.74) is 3.43. The van der Waals surface area contributed by atoms with E-state index in [1.54, 1.807) is 0 Å². The predicted molar refractivity (Wildman–Crippen MR) is 213 cm³/mol. The summed E-state index contributed by atoms with van der Waals surface area (Å²) in [7, 11) is 0. The van der Waals surface area contributed by atoms with Crippen molar-refractivity contribution in [3.8, 4) is 0 Å². The fourth-order valence-corrected chi connectivity index (χ4v) is 6.63. The first-order chi connectivity index (χ1) is 26.8. The third-order valence-corrected chi connectivity index (χ3v) is 9.30. The van der Waals surface area contributed by atoms with Crippen LogP contribution in [0.5, 0.6) is 0 Å². The maximum absolute atomic E-state index is 13.3. The van der Waals surface area contributed by atoms with Crippen molar-refractivity contribution in [2.75, 3.05) is 26.2 Å². The SMILES string of the molecule is CC(C)(C)OC(=O)CN(CCCCCCO)CC1O[C@H](OCc2ccccc2)C(OCc2ccccc2)C(OCc2ccccc2)[C@@H]1OCc1ccccc1. The molecule has 5 rings (SSSR count). The zero-order valence-corrected chi connectivity index (χ0v) is 32.7. The van der Waals surface area contributed by atoms with E-state index in [0.29, 0.717) is 39.5 Å². The van der Waals surface area contributed by atoms with Gasteiger partial charge in [-0.3, -0.25) is 9.69 Å². The Bertz CT molecular complexity index is 1620. The molecule has 0 aromatic heterocycles. The van der Waals surface area contributed by atoms with Crippen LogP contribution in [-0.2, 0) is 59.6 Å². The Morgan fingerprint density at radius 1 is 0.600 bits per heavy atom. The number of unbranched alkanes of at least 4 members (excludes halogenated alkanes) is 3. The van der Waals surface area contributed by atoms with Gasteiger partial charge >= 0.3 is 5.97 Å². The molecule has 0 saturated carbocycles. The van der Waals surface area contributed by atoms with E-state index in [0.717, 1.165) is 47.9 Å². The van der Waals surface area contributed by atoms with E-state index in [1.165, 1.54) is 0 Å². The van der Waals surface area contributed by atoms with E-state index in [4.69, 9.17) is 28.4 Å². The second-order valence-electron chi connectivity index (χ2n) is 15.1. The highest BCUT2D eigenvalue weighted by molar-refractivity contribution is 5.72. The summed E-state index contributed by atoms with van der Waals surface area (Å²) >= 11 is 0. The molecule has 0 radical (unpaired) electrons. The highest BCUT2D eigenvalue weighted by atomic mass is 16.7. The second kappa shape index (κ2) is 22.6. The maximum Gasteiger partial charge on any atom is 0.320 e. The summed E-state index contributed by atoms with van der Waals surface area (Å²) in [6, 6.07) is 40.2. The van der Waals surface area contributed by atoms with Gasteiger partial charge in [-0.25, -0.2) is 0 Å². The van der Waals surface area contributed by atoms with Crippen LogP contribution < -0.4 is 0 Å². The molecule has 3 unspecified atom stereocenters. The van der Waals surface area contributed by atoms with Gasteiger partial charge in [0.2, 0.25) is 0 Å². The number of aliphatic hydroxyl groups excluding tert-OH is 1. The molecule has 1 heterocycles. The van der Waals surface area contributed by atoms with E-state index < -0.39 is 36.3 Å². The molecule has 1 fully saturated rings. The minimum Gasteiger partial charge on any atom is -0.459 e. The molecule has 9 nitrogen and oxygen atoms in total. The second-order valence-corrected chi connectivity index (χ2v) is 15.1. The number of nitrogens with zero attached hydrogens (tertiary/aromatic N) is 1. The lowest BCUT2D eigenvalue weighted by molar-refractivity contribution is -0.327. The Balaban J connectivity index is 1.49. The lowest BCUT2D eigenvalue weighted by Gasteiger charge is -2.47. The van der Waals surface area contributed by atoms with E-state index in [1.807, 2.05) is 142 Å².